The van der Waals surface area contributed by atoms with Crippen LogP contribution in [-0.2, 0) is 0 Å². The van der Waals surface area contributed by atoms with Crippen LogP contribution in [0.4, 0.5) is 0 Å². The molecule has 0 saturated carbocycles. The lowest BCUT2D eigenvalue weighted by molar-refractivity contribution is 1.47. The Morgan fingerprint density at radius 3 is 0.766 bits per heavy atom. The van der Waals surface area contributed by atoms with E-state index in [1.165, 1.54) is 11.1 Å². The maximum atomic E-state index is 10.3. The third-order valence-electron chi connectivity index (χ3n) is 11.9. The van der Waals surface area contributed by atoms with Gasteiger partial charge in [0.05, 0.1) is 23.3 Å². The second-order valence-corrected chi connectivity index (χ2v) is 16.0. The van der Waals surface area contributed by atoms with Crippen LogP contribution in [0.25, 0.3) is 100 Å². The van der Waals surface area contributed by atoms with Crippen LogP contribution in [-0.4, -0.2) is 0 Å². The maximum absolute atomic E-state index is 10.3. The van der Waals surface area contributed by atoms with Gasteiger partial charge in [-0.2, -0.15) is 10.5 Å². The highest BCUT2D eigenvalue weighted by Crippen LogP contribution is 2.41. The Morgan fingerprint density at radius 2 is 0.406 bits per heavy atom. The Hall–Kier alpha value is -8.82. The van der Waals surface area contributed by atoms with E-state index in [0.717, 1.165) is 89.0 Å². The molecule has 0 fully saturated rings. The minimum Gasteiger partial charge on any atom is -0.192 e. The molecule has 0 aliphatic rings. The molecule has 298 valence electrons. The standard InChI is InChI=1S/C62H40N2/c63-41-50-22-10-12-28-61(50)59-37-53(45-20-8-3-9-21-45)34-57(39-59)55-32-52(44-18-6-2-7-19-44)33-56(36-55)58-35-54(38-60(40-58)62-29-13-11-23-51(62)42-64)49-27-15-26-48(31-49)47-25-14-24-46(30-47)43-16-4-1-5-17-43/h1-40H. The fraction of sp³-hybridized carbons (Fsp3) is 0. The van der Waals surface area contributed by atoms with Gasteiger partial charge in [0, 0.05) is 0 Å². The van der Waals surface area contributed by atoms with E-state index in [2.05, 4.69) is 188 Å². The van der Waals surface area contributed by atoms with Gasteiger partial charge in [0.2, 0.25) is 0 Å². The van der Waals surface area contributed by atoms with E-state index in [0.29, 0.717) is 11.1 Å². The summed E-state index contributed by atoms with van der Waals surface area (Å²) in [6.45, 7) is 0. The number of hydrogen-bond donors (Lipinski definition) is 0. The monoisotopic (exact) mass is 812 g/mol. The zero-order chi connectivity index (χ0) is 43.2. The summed E-state index contributed by atoms with van der Waals surface area (Å²) in [6, 6.07) is 89.6. The molecule has 0 aromatic heterocycles. The highest BCUT2D eigenvalue weighted by atomic mass is 14.3. The summed E-state index contributed by atoms with van der Waals surface area (Å²) in [5.41, 5.74) is 20.3. The Bertz CT molecular complexity index is 3390. The van der Waals surface area contributed by atoms with Crippen molar-refractivity contribution in [1.29, 1.82) is 10.5 Å². The molecule has 2 heteroatoms. The number of benzene rings is 10. The van der Waals surface area contributed by atoms with Crippen molar-refractivity contribution in [3.05, 3.63) is 254 Å². The Labute approximate surface area is 374 Å². The number of rotatable bonds is 9. The average molecular weight is 813 g/mol. The molecule has 0 N–H and O–H groups in total. The quantitative estimate of drug-likeness (QED) is 0.146. The zero-order valence-electron chi connectivity index (χ0n) is 35.0. The van der Waals surface area contributed by atoms with Crippen molar-refractivity contribution in [3.8, 4) is 112 Å². The lowest BCUT2D eigenvalue weighted by Gasteiger charge is -2.17. The molecule has 0 aliphatic heterocycles. The topological polar surface area (TPSA) is 47.6 Å². The van der Waals surface area contributed by atoms with Crippen LogP contribution in [0.15, 0.2) is 243 Å². The second-order valence-electron chi connectivity index (χ2n) is 16.0. The fourth-order valence-corrected chi connectivity index (χ4v) is 8.67. The molecule has 0 aliphatic carbocycles. The van der Waals surface area contributed by atoms with Gasteiger partial charge in [-0.1, -0.05) is 164 Å². The molecular weight excluding hydrogens is 773 g/mol. The van der Waals surface area contributed by atoms with E-state index < -0.39 is 0 Å². The van der Waals surface area contributed by atoms with Crippen molar-refractivity contribution in [2.24, 2.45) is 0 Å². The molecule has 10 rings (SSSR count). The van der Waals surface area contributed by atoms with Gasteiger partial charge in [0.1, 0.15) is 0 Å². The number of nitriles is 2. The predicted octanol–water partition coefficient (Wildman–Crippen LogP) is 16.4. The normalized spacial score (nSPS) is 10.8. The summed E-state index contributed by atoms with van der Waals surface area (Å²) in [6.07, 6.45) is 0. The van der Waals surface area contributed by atoms with Crippen molar-refractivity contribution in [2.45, 2.75) is 0 Å². The van der Waals surface area contributed by atoms with Gasteiger partial charge in [-0.25, -0.2) is 0 Å². The lowest BCUT2D eigenvalue weighted by Crippen LogP contribution is -1.92. The van der Waals surface area contributed by atoms with Crippen LogP contribution in [0.3, 0.4) is 0 Å². The van der Waals surface area contributed by atoms with Gasteiger partial charge in [0.25, 0.3) is 0 Å². The highest BCUT2D eigenvalue weighted by molar-refractivity contribution is 5.90. The zero-order valence-corrected chi connectivity index (χ0v) is 35.0. The van der Waals surface area contributed by atoms with Crippen molar-refractivity contribution < 1.29 is 0 Å². The van der Waals surface area contributed by atoms with Crippen LogP contribution in [0.5, 0.6) is 0 Å². The van der Waals surface area contributed by atoms with Crippen LogP contribution in [0, 0.1) is 22.7 Å². The van der Waals surface area contributed by atoms with Crippen LogP contribution in [0.1, 0.15) is 11.1 Å². The van der Waals surface area contributed by atoms with Gasteiger partial charge in [0.15, 0.2) is 0 Å². The summed E-state index contributed by atoms with van der Waals surface area (Å²) >= 11 is 0. The predicted molar refractivity (Wildman–Crippen MR) is 265 cm³/mol. The van der Waals surface area contributed by atoms with Crippen molar-refractivity contribution in [2.75, 3.05) is 0 Å². The van der Waals surface area contributed by atoms with E-state index in [-0.39, 0.29) is 0 Å². The molecule has 0 radical (unpaired) electrons. The van der Waals surface area contributed by atoms with Crippen molar-refractivity contribution in [1.82, 2.24) is 0 Å². The third kappa shape index (κ3) is 8.16. The van der Waals surface area contributed by atoms with Crippen LogP contribution in [0.2, 0.25) is 0 Å². The SMILES string of the molecule is N#Cc1ccccc1-c1cc(-c2ccccc2)cc(-c2cc(-c3ccccc3)cc(-c3cc(-c4cccc(-c5cccc(-c6ccccc6)c5)c4)cc(-c4ccccc4C#N)c3)c2)c1. The first kappa shape index (κ1) is 39.3. The van der Waals surface area contributed by atoms with E-state index in [4.69, 9.17) is 0 Å². The highest BCUT2D eigenvalue weighted by Gasteiger charge is 2.16. The molecular formula is C62H40N2. The third-order valence-corrected chi connectivity index (χ3v) is 11.9. The molecule has 64 heavy (non-hydrogen) atoms. The summed E-state index contributed by atoms with van der Waals surface area (Å²) in [5.74, 6) is 0. The van der Waals surface area contributed by atoms with Gasteiger partial charge in [-0.15, -0.1) is 0 Å². The smallest absolute Gasteiger partial charge is 0.0998 e. The maximum Gasteiger partial charge on any atom is 0.0998 e. The first-order chi connectivity index (χ1) is 31.6. The molecule has 0 atom stereocenters. The minimum atomic E-state index is 0.624. The molecule has 0 saturated heterocycles. The number of nitrogens with zero attached hydrogens (tertiary/aromatic N) is 2. The minimum absolute atomic E-state index is 0.624. The van der Waals surface area contributed by atoms with Crippen LogP contribution < -0.4 is 0 Å². The Kier molecular flexibility index (Phi) is 10.8. The average Bonchev–Trinajstić information content (AvgIpc) is 3.39. The fourth-order valence-electron chi connectivity index (χ4n) is 8.67. The first-order valence-corrected chi connectivity index (χ1v) is 21.4. The first-order valence-electron chi connectivity index (χ1n) is 21.4. The summed E-state index contributed by atoms with van der Waals surface area (Å²) in [5, 5.41) is 20.5. The van der Waals surface area contributed by atoms with Gasteiger partial charge < -0.3 is 0 Å². The van der Waals surface area contributed by atoms with Gasteiger partial charge in [-0.05, 0) is 179 Å². The van der Waals surface area contributed by atoms with Crippen LogP contribution >= 0.6 is 0 Å². The lowest BCUT2D eigenvalue weighted by atomic mass is 9.87. The van der Waals surface area contributed by atoms with E-state index in [9.17, 15) is 10.5 Å². The second kappa shape index (κ2) is 17.6. The largest absolute Gasteiger partial charge is 0.192 e. The van der Waals surface area contributed by atoms with Gasteiger partial charge in [-0.3, -0.25) is 0 Å². The molecule has 0 spiro atoms. The molecule has 2 nitrogen and oxygen atoms in total. The molecule has 0 bridgehead atoms. The Balaban J connectivity index is 1.18. The summed E-state index contributed by atoms with van der Waals surface area (Å²) < 4.78 is 0. The molecule has 10 aromatic carbocycles. The molecule has 10 aromatic rings. The summed E-state index contributed by atoms with van der Waals surface area (Å²) in [4.78, 5) is 0. The van der Waals surface area contributed by atoms with E-state index in [1.54, 1.807) is 0 Å². The van der Waals surface area contributed by atoms with Crippen molar-refractivity contribution in [3.63, 3.8) is 0 Å². The van der Waals surface area contributed by atoms with E-state index in [1.807, 2.05) is 66.7 Å². The Morgan fingerprint density at radius 1 is 0.188 bits per heavy atom. The van der Waals surface area contributed by atoms with Gasteiger partial charge >= 0.3 is 0 Å². The van der Waals surface area contributed by atoms with Crippen molar-refractivity contribution >= 4 is 0 Å². The molecule has 0 amide bonds. The molecule has 0 unspecified atom stereocenters. The molecule has 0 heterocycles. The summed E-state index contributed by atoms with van der Waals surface area (Å²) in [7, 11) is 0. The number of hydrogen-bond acceptors (Lipinski definition) is 2. The van der Waals surface area contributed by atoms with E-state index >= 15 is 0 Å².